The van der Waals surface area contributed by atoms with Gasteiger partial charge in [-0.05, 0) is 13.0 Å². The van der Waals surface area contributed by atoms with Gasteiger partial charge in [-0.3, -0.25) is 14.9 Å². The second kappa shape index (κ2) is 9.47. The molecule has 0 amide bonds. The Morgan fingerprint density at radius 2 is 1.82 bits per heavy atom. The van der Waals surface area contributed by atoms with E-state index in [1.807, 2.05) is 0 Å². The van der Waals surface area contributed by atoms with Gasteiger partial charge in [-0.2, -0.15) is 0 Å². The van der Waals surface area contributed by atoms with Crippen LogP contribution in [0.2, 0.25) is 0 Å². The van der Waals surface area contributed by atoms with E-state index in [2.05, 4.69) is 9.72 Å². The van der Waals surface area contributed by atoms with Crippen LogP contribution in [0.3, 0.4) is 0 Å². The van der Waals surface area contributed by atoms with E-state index in [1.54, 1.807) is 6.92 Å². The molecule has 1 aromatic carbocycles. The van der Waals surface area contributed by atoms with Gasteiger partial charge in [0.05, 0.1) is 16.9 Å². The quantitative estimate of drug-likeness (QED) is 0.138. The van der Waals surface area contributed by atoms with Crippen LogP contribution in [0.25, 0.3) is 10.9 Å². The average Bonchev–Trinajstić information content (AvgIpc) is 2.61. The molecule has 148 valence electrons. The Bertz CT molecular complexity index is 1010. The lowest BCUT2D eigenvalue weighted by Gasteiger charge is -2.00. The second-order valence-electron chi connectivity index (χ2n) is 4.89. The van der Waals surface area contributed by atoms with Crippen molar-refractivity contribution >= 4 is 34.5 Å². The highest BCUT2D eigenvalue weighted by molar-refractivity contribution is 6.12. The minimum Gasteiger partial charge on any atom is -0.500 e. The number of para-hydroxylation sites is 1. The molecule has 12 heteroatoms. The van der Waals surface area contributed by atoms with Crippen LogP contribution < -0.4 is 5.43 Å². The number of nitrogens with zero attached hydrogens (tertiary/aromatic N) is 1. The fourth-order valence-electron chi connectivity index (χ4n) is 1.91. The van der Waals surface area contributed by atoms with Crippen LogP contribution in [-0.4, -0.2) is 49.7 Å². The van der Waals surface area contributed by atoms with Gasteiger partial charge in [0.25, 0.3) is 5.69 Å². The summed E-state index contributed by atoms with van der Waals surface area (Å²) >= 11 is 0. The molecular weight excluding hydrogens is 380 g/mol. The third-order valence-corrected chi connectivity index (χ3v) is 3.15. The molecule has 0 fully saturated rings. The number of non-ortho nitro benzene ring substituents is 1. The number of carboxylic acid groups (broad SMARTS) is 3. The molecule has 0 aliphatic heterocycles. The van der Waals surface area contributed by atoms with Crippen LogP contribution in [-0.2, 0) is 14.3 Å². The summed E-state index contributed by atoms with van der Waals surface area (Å²) in [6.45, 7) is 1.86. The molecular formula is C16H14N2O10. The molecule has 0 saturated heterocycles. The Kier molecular flexibility index (Phi) is 7.38. The predicted molar refractivity (Wildman–Crippen MR) is 93.2 cm³/mol. The second-order valence-corrected chi connectivity index (χ2v) is 4.89. The zero-order valence-corrected chi connectivity index (χ0v) is 14.2. The molecule has 0 aliphatic rings. The van der Waals surface area contributed by atoms with Crippen LogP contribution in [0.1, 0.15) is 17.3 Å². The van der Waals surface area contributed by atoms with Gasteiger partial charge >= 0.3 is 17.9 Å². The van der Waals surface area contributed by atoms with Crippen LogP contribution >= 0.6 is 0 Å². The van der Waals surface area contributed by atoms with Crippen LogP contribution in [0.15, 0.2) is 41.0 Å². The third kappa shape index (κ3) is 5.14. The summed E-state index contributed by atoms with van der Waals surface area (Å²) in [5, 5.41) is 35.9. The van der Waals surface area contributed by atoms with Gasteiger partial charge in [0, 0.05) is 12.3 Å². The van der Waals surface area contributed by atoms with Crippen molar-refractivity contribution in [1.29, 1.82) is 0 Å². The number of aromatic amines is 1. The molecule has 1 heterocycles. The van der Waals surface area contributed by atoms with Gasteiger partial charge in [0.15, 0.2) is 5.57 Å². The number of ether oxygens (including phenoxy) is 1. The fraction of sp³-hybridized carbons (Fsp3) is 0.125. The molecule has 0 spiro atoms. The number of nitro groups is 1. The summed E-state index contributed by atoms with van der Waals surface area (Å²) in [6.07, 6.45) is 1.67. The minimum atomic E-state index is -1.51. The molecule has 0 aliphatic carbocycles. The van der Waals surface area contributed by atoms with Gasteiger partial charge in [-0.25, -0.2) is 14.4 Å². The van der Waals surface area contributed by atoms with E-state index in [0.717, 1.165) is 6.20 Å². The molecule has 2 rings (SSSR count). The van der Waals surface area contributed by atoms with E-state index in [9.17, 15) is 29.3 Å². The van der Waals surface area contributed by atoms with Gasteiger partial charge in [0.2, 0.25) is 5.43 Å². The summed E-state index contributed by atoms with van der Waals surface area (Å²) in [6, 6.07) is 3.91. The fourth-order valence-corrected chi connectivity index (χ4v) is 1.91. The first-order valence-corrected chi connectivity index (χ1v) is 7.42. The van der Waals surface area contributed by atoms with E-state index in [0.29, 0.717) is 6.26 Å². The lowest BCUT2D eigenvalue weighted by molar-refractivity contribution is -0.383. The van der Waals surface area contributed by atoms with E-state index in [1.165, 1.54) is 18.2 Å². The standard InChI is InChI=1S/C10H6N2O5.C6H8O5/c13-9-5-2-1-3-7(12(16)17)8(5)11-4-6(9)10(14)15;1-2-11-3-4(5(7)8)6(9)10/h1-4H,(H,11,13)(H,14,15);3H,2H2,1H3,(H,7,8)(H,9,10). The van der Waals surface area contributed by atoms with Crippen LogP contribution in [0.4, 0.5) is 5.69 Å². The summed E-state index contributed by atoms with van der Waals surface area (Å²) in [4.78, 5) is 55.2. The van der Waals surface area contributed by atoms with Crippen molar-refractivity contribution in [3.05, 3.63) is 62.1 Å². The molecule has 4 N–H and O–H groups in total. The highest BCUT2D eigenvalue weighted by atomic mass is 16.6. The van der Waals surface area contributed by atoms with Gasteiger partial charge < -0.3 is 25.0 Å². The first-order chi connectivity index (χ1) is 13.1. The molecule has 28 heavy (non-hydrogen) atoms. The number of rotatable bonds is 6. The molecule has 0 unspecified atom stereocenters. The van der Waals surface area contributed by atoms with Crippen molar-refractivity contribution in [2.24, 2.45) is 0 Å². The number of nitrogens with one attached hydrogen (secondary N) is 1. The highest BCUT2D eigenvalue weighted by Crippen LogP contribution is 2.20. The monoisotopic (exact) mass is 394 g/mol. The van der Waals surface area contributed by atoms with Crippen molar-refractivity contribution in [2.75, 3.05) is 6.61 Å². The van der Waals surface area contributed by atoms with Gasteiger partial charge in [0.1, 0.15) is 17.3 Å². The summed E-state index contributed by atoms with van der Waals surface area (Å²) < 4.78 is 4.49. The maximum atomic E-state index is 11.7. The predicted octanol–water partition coefficient (Wildman–Crippen LogP) is 1.21. The number of carbonyl (C=O) groups is 3. The number of aromatic nitrogens is 1. The number of hydrogen-bond donors (Lipinski definition) is 4. The Labute approximate surface area is 155 Å². The Balaban J connectivity index is 0.000000311. The van der Waals surface area contributed by atoms with Crippen LogP contribution in [0, 0.1) is 10.1 Å². The first kappa shape index (κ1) is 21.8. The van der Waals surface area contributed by atoms with E-state index < -0.39 is 39.4 Å². The number of aliphatic carboxylic acids is 2. The maximum Gasteiger partial charge on any atom is 0.346 e. The zero-order valence-electron chi connectivity index (χ0n) is 14.2. The summed E-state index contributed by atoms with van der Waals surface area (Å²) in [7, 11) is 0. The van der Waals surface area contributed by atoms with Crippen molar-refractivity contribution in [3.63, 3.8) is 0 Å². The van der Waals surface area contributed by atoms with Crippen molar-refractivity contribution in [1.82, 2.24) is 4.98 Å². The normalized spacial score (nSPS) is 9.61. The Morgan fingerprint density at radius 3 is 2.29 bits per heavy atom. The molecule has 0 saturated carbocycles. The smallest absolute Gasteiger partial charge is 0.346 e. The van der Waals surface area contributed by atoms with Gasteiger partial charge in [-0.15, -0.1) is 0 Å². The number of pyridine rings is 1. The third-order valence-electron chi connectivity index (χ3n) is 3.15. The molecule has 2 aromatic rings. The summed E-state index contributed by atoms with van der Waals surface area (Å²) in [5.41, 5.74) is -2.20. The topological polar surface area (TPSA) is 197 Å². The lowest BCUT2D eigenvalue weighted by Crippen LogP contribution is -2.15. The van der Waals surface area contributed by atoms with Crippen molar-refractivity contribution in [3.8, 4) is 0 Å². The molecule has 0 radical (unpaired) electrons. The van der Waals surface area contributed by atoms with E-state index >= 15 is 0 Å². The number of fused-ring (bicyclic) bond motifs is 1. The molecule has 1 aromatic heterocycles. The highest BCUT2D eigenvalue weighted by Gasteiger charge is 2.17. The van der Waals surface area contributed by atoms with Crippen molar-refractivity contribution < 1.29 is 39.4 Å². The Hall–Kier alpha value is -4.22. The van der Waals surface area contributed by atoms with Crippen LogP contribution in [0.5, 0.6) is 0 Å². The van der Waals surface area contributed by atoms with Gasteiger partial charge in [-0.1, -0.05) is 6.07 Å². The number of nitro benzene ring substituents is 1. The minimum absolute atomic E-state index is 0.0147. The first-order valence-electron chi connectivity index (χ1n) is 7.42. The lowest BCUT2D eigenvalue weighted by atomic mass is 10.1. The zero-order chi connectivity index (χ0) is 21.4. The maximum absolute atomic E-state index is 11.7. The van der Waals surface area contributed by atoms with E-state index in [-0.39, 0.29) is 23.2 Å². The number of hydrogen-bond acceptors (Lipinski definition) is 7. The average molecular weight is 394 g/mol. The number of carboxylic acids is 3. The number of benzene rings is 1. The molecule has 0 atom stereocenters. The van der Waals surface area contributed by atoms with E-state index in [4.69, 9.17) is 15.3 Å². The summed E-state index contributed by atoms with van der Waals surface area (Å²) in [5.74, 6) is -4.39. The SMILES string of the molecule is CCOC=C(C(=O)O)C(=O)O.O=C(O)c1c[nH]c2c([N+](=O)[O-])cccc2c1=O. The molecule has 12 nitrogen and oxygen atoms in total. The molecule has 0 bridgehead atoms. The number of H-pyrrole nitrogens is 1. The van der Waals surface area contributed by atoms with Crippen molar-refractivity contribution in [2.45, 2.75) is 6.92 Å². The number of aromatic carboxylic acids is 1. The largest absolute Gasteiger partial charge is 0.500 e. The Morgan fingerprint density at radius 1 is 1.21 bits per heavy atom.